The number of anilines is 8. The van der Waals surface area contributed by atoms with Crippen LogP contribution >= 0.6 is 11.8 Å². The van der Waals surface area contributed by atoms with Crippen molar-refractivity contribution in [2.75, 3.05) is 208 Å². The Labute approximate surface area is 582 Å². The molecule has 544 valence electrons. The van der Waals surface area contributed by atoms with Crippen molar-refractivity contribution in [3.63, 3.8) is 0 Å². The number of thioether (sulfide) groups is 1. The molecule has 99 heavy (non-hydrogen) atoms. The predicted octanol–water partition coefficient (Wildman–Crippen LogP) is 0.991. The minimum absolute atomic E-state index is 0.0836. The Morgan fingerprint density at radius 3 is 0.737 bits per heavy atom. The van der Waals surface area contributed by atoms with Crippen molar-refractivity contribution in [3.8, 4) is 0 Å². The lowest BCUT2D eigenvalue weighted by molar-refractivity contribution is -0.121. The van der Waals surface area contributed by atoms with E-state index in [4.69, 9.17) is 0 Å². The summed E-state index contributed by atoms with van der Waals surface area (Å²) in [5, 5.41) is 27.7. The average molecular weight is 1400 g/mol. The molecule has 1 atom stereocenters. The zero-order valence-electron chi connectivity index (χ0n) is 59.1. The van der Waals surface area contributed by atoms with E-state index in [0.717, 1.165) is 104 Å². The van der Waals surface area contributed by atoms with Crippen LogP contribution in [0.15, 0.2) is 57.5 Å². The summed E-state index contributed by atoms with van der Waals surface area (Å²) in [6.45, 7) is 10.9. The molecule has 1 amide bonds. The number of carbonyl (C=O) groups excluding carboxylic acids is 1. The van der Waals surface area contributed by atoms with Gasteiger partial charge < -0.3 is 72.4 Å². The predicted molar refractivity (Wildman–Crippen MR) is 403 cm³/mol. The maximum atomic E-state index is 13.5. The topological polar surface area (TPSA) is 346 Å². The van der Waals surface area contributed by atoms with Gasteiger partial charge in [-0.15, -0.1) is 0 Å². The van der Waals surface area contributed by atoms with Crippen LogP contribution in [0.4, 0.5) is 45.5 Å². The maximum absolute atomic E-state index is 13.5. The molecule has 28 heteroatoms. The van der Waals surface area contributed by atoms with Crippen molar-refractivity contribution < 1.29 is 4.79 Å². The Morgan fingerprint density at radius 2 is 0.485 bits per heavy atom. The number of nitrogens with zero attached hydrogens (tertiary/aromatic N) is 5. The van der Waals surface area contributed by atoms with E-state index in [1.165, 1.54) is 0 Å². The smallest absolute Gasteiger partial charge is 0.253 e. The number of fused-ring (bicyclic) bond motifs is 6. The molecular formula is C71H106N14O13S. The van der Waals surface area contributed by atoms with Gasteiger partial charge in [0.25, 0.3) is 43.4 Å². The summed E-state index contributed by atoms with van der Waals surface area (Å²) >= 11 is 1.54. The van der Waals surface area contributed by atoms with Crippen LogP contribution in [-0.4, -0.2) is 202 Å². The normalized spacial score (nSPS) is 19.8. The Balaban J connectivity index is 0.852. The average Bonchev–Trinajstić information content (AvgIpc) is 0.830. The molecule has 7 rings (SSSR count). The SMILES string of the molecule is CSCCC1Nc2c(c(=O)c2=O)NCCCN(C)CCCCc2c(c(=O)c2=O)CCCCN(C)CCCCc2c(c(=O)c2=O)CCCCN(C)CCCNc2c(c(=O)c2=O)NCCCN(C)CCCNc2c(c(=O)c2=O)NCCCN(C)CCCNc2c(c(=O)c2=O)NCCCNC1=O. The Morgan fingerprint density at radius 1 is 0.273 bits per heavy atom. The number of hydrogen-bond donors (Lipinski definition) is 9. The van der Waals surface area contributed by atoms with Crippen molar-refractivity contribution in [2.24, 2.45) is 0 Å². The Hall–Kier alpha value is -7.50. The zero-order chi connectivity index (χ0) is 71.5. The lowest BCUT2D eigenvalue weighted by Crippen LogP contribution is -2.45. The van der Waals surface area contributed by atoms with Gasteiger partial charge in [0.15, 0.2) is 0 Å². The van der Waals surface area contributed by atoms with Gasteiger partial charge in [0.05, 0.1) is 0 Å². The van der Waals surface area contributed by atoms with Gasteiger partial charge in [-0.2, -0.15) is 11.8 Å². The molecule has 0 saturated heterocycles. The van der Waals surface area contributed by atoms with Crippen molar-refractivity contribution >= 4 is 63.2 Å². The van der Waals surface area contributed by atoms with Crippen LogP contribution in [0, 0.1) is 0 Å². The molecule has 0 saturated carbocycles. The summed E-state index contributed by atoms with van der Waals surface area (Å²) < 4.78 is 0. The summed E-state index contributed by atoms with van der Waals surface area (Å²) in [6.07, 6.45) is 15.8. The highest BCUT2D eigenvalue weighted by molar-refractivity contribution is 7.98. The zero-order valence-corrected chi connectivity index (χ0v) is 59.9. The van der Waals surface area contributed by atoms with E-state index in [0.29, 0.717) is 181 Å². The molecule has 0 aliphatic carbocycles. The summed E-state index contributed by atoms with van der Waals surface area (Å²) in [4.78, 5) is 175. The molecule has 1 aliphatic rings. The van der Waals surface area contributed by atoms with Gasteiger partial charge in [-0.3, -0.25) is 62.3 Å². The van der Waals surface area contributed by atoms with Crippen LogP contribution in [-0.2, 0) is 30.5 Å². The fourth-order valence-corrected chi connectivity index (χ4v) is 13.4. The summed E-state index contributed by atoms with van der Waals surface area (Å²) in [6, 6.07) is -0.788. The molecule has 1 heterocycles. The van der Waals surface area contributed by atoms with Crippen LogP contribution in [0.2, 0.25) is 0 Å². The Kier molecular flexibility index (Phi) is 31.9. The molecular weight excluding hydrogens is 1290 g/mol. The van der Waals surface area contributed by atoms with Crippen LogP contribution in [0.5, 0.6) is 0 Å². The van der Waals surface area contributed by atoms with E-state index < -0.39 is 49.5 Å². The lowest BCUT2D eigenvalue weighted by atomic mass is 9.92. The third-order valence-electron chi connectivity index (χ3n) is 19.1. The molecule has 27 nitrogen and oxygen atoms in total. The maximum Gasteiger partial charge on any atom is 0.253 e. The third-order valence-corrected chi connectivity index (χ3v) is 19.7. The van der Waals surface area contributed by atoms with E-state index in [2.05, 4.69) is 72.4 Å². The fraction of sp³-hybridized carbons (Fsp3) is 0.648. The molecule has 0 spiro atoms. The van der Waals surface area contributed by atoms with Gasteiger partial charge in [-0.05, 0) is 241 Å². The monoisotopic (exact) mass is 1390 g/mol. The molecule has 9 N–H and O–H groups in total. The molecule has 1 unspecified atom stereocenters. The molecule has 0 radical (unpaired) electrons. The molecule has 0 bridgehead atoms. The number of hydrogen-bond acceptors (Lipinski definition) is 27. The largest absolute Gasteiger partial charge is 0.380 e. The van der Waals surface area contributed by atoms with Gasteiger partial charge in [-0.1, -0.05) is 0 Å². The highest BCUT2D eigenvalue weighted by Gasteiger charge is 2.28. The van der Waals surface area contributed by atoms with Crippen LogP contribution < -0.4 is 113 Å². The number of carbonyl (C=O) groups is 1. The van der Waals surface area contributed by atoms with Gasteiger partial charge in [0.2, 0.25) is 27.6 Å². The first kappa shape index (κ1) is 78.8. The van der Waals surface area contributed by atoms with Crippen molar-refractivity contribution in [1.29, 1.82) is 0 Å². The number of rotatable bonds is 3. The van der Waals surface area contributed by atoms with E-state index in [1.54, 1.807) is 11.8 Å². The van der Waals surface area contributed by atoms with Crippen molar-refractivity contribution in [3.05, 3.63) is 145 Å². The molecule has 1 aliphatic heterocycles. The fourth-order valence-electron chi connectivity index (χ4n) is 12.9. The first-order chi connectivity index (χ1) is 47.6. The number of nitrogens with one attached hydrogen (secondary N) is 9. The minimum atomic E-state index is -0.788. The summed E-state index contributed by atoms with van der Waals surface area (Å²) in [7, 11) is 10.00. The first-order valence-electron chi connectivity index (χ1n) is 35.7. The van der Waals surface area contributed by atoms with Crippen molar-refractivity contribution in [1.82, 2.24) is 29.8 Å². The minimum Gasteiger partial charge on any atom is -0.380 e. The summed E-state index contributed by atoms with van der Waals surface area (Å²) in [5.41, 5.74) is -1.64. The Bertz CT molecular complexity index is 4020. The highest BCUT2D eigenvalue weighted by Crippen LogP contribution is 2.21. The van der Waals surface area contributed by atoms with E-state index in [1.807, 2.05) is 41.5 Å². The first-order valence-corrected chi connectivity index (χ1v) is 37.1. The quantitative estimate of drug-likeness (QED) is 0.112. The third kappa shape index (κ3) is 22.2. The number of amides is 1. The van der Waals surface area contributed by atoms with Crippen LogP contribution in [0.25, 0.3) is 0 Å². The highest BCUT2D eigenvalue weighted by atomic mass is 32.2. The lowest BCUT2D eigenvalue weighted by Gasteiger charge is -2.22. The van der Waals surface area contributed by atoms with Gasteiger partial charge in [-0.25, -0.2) is 0 Å². The van der Waals surface area contributed by atoms with E-state index in [9.17, 15) is 62.3 Å². The second-order valence-electron chi connectivity index (χ2n) is 26.9. The molecule has 0 fully saturated rings. The van der Waals surface area contributed by atoms with Crippen LogP contribution in [0.1, 0.15) is 125 Å². The van der Waals surface area contributed by atoms with Crippen molar-refractivity contribution in [2.45, 2.75) is 134 Å². The van der Waals surface area contributed by atoms with Crippen LogP contribution in [0.3, 0.4) is 0 Å². The molecule has 6 aromatic carbocycles. The molecule has 6 aromatic rings. The van der Waals surface area contributed by atoms with Gasteiger partial charge in [0, 0.05) is 74.6 Å². The van der Waals surface area contributed by atoms with E-state index >= 15 is 0 Å². The van der Waals surface area contributed by atoms with Gasteiger partial charge in [0.1, 0.15) is 51.5 Å². The van der Waals surface area contributed by atoms with Gasteiger partial charge >= 0.3 is 0 Å². The standard InChI is InChI=1S/C71H106N14O13S/c1-81-35-11-7-22-46-48(61(88)59(46)86)24-9-13-37-82(2)39-16-29-74-53-54(66(93)65(53)92)75-31-18-43-85(5)44-20-33-77-56-55(67(94)68(56)95)76-32-19-42-84(4)41-17-30-73-52-51(63(90)64(52)91)72-27-15-28-79-71(98)50(26-45-99-6)80-58-57(69(96)70(58)97)78-34-21-40-83(3)38-14-10-25-49-47(23-8-12-36-81)60(87)62(49)89/h50,72-78,80H,7-45H2,1-6H3,(H,79,98). The second kappa shape index (κ2) is 40.1. The molecule has 0 aromatic heterocycles. The summed E-state index contributed by atoms with van der Waals surface area (Å²) in [5.74, 6) is 0.265. The van der Waals surface area contributed by atoms with E-state index in [-0.39, 0.29) is 62.6 Å². The second-order valence-corrected chi connectivity index (χ2v) is 27.9.